The Kier molecular flexibility index (Phi) is 6.17. The second kappa shape index (κ2) is 9.28. The van der Waals surface area contributed by atoms with Gasteiger partial charge in [-0.15, -0.1) is 0 Å². The lowest BCUT2D eigenvalue weighted by atomic mass is 9.89. The van der Waals surface area contributed by atoms with Crippen LogP contribution in [0, 0.1) is 12.8 Å². The zero-order valence-electron chi connectivity index (χ0n) is 19.7. The van der Waals surface area contributed by atoms with E-state index in [1.165, 1.54) is 0 Å². The highest BCUT2D eigenvalue weighted by Gasteiger charge is 2.50. The Morgan fingerprint density at radius 2 is 2.00 bits per heavy atom. The van der Waals surface area contributed by atoms with E-state index < -0.39 is 17.4 Å². The normalized spacial score (nSPS) is 24.2. The molecule has 0 bridgehead atoms. The standard InChI is InChI=1S/C27H30N4O4/c1-17-15-18(21-5-2-3-7-23(21)29-17)16-35-20-11-9-19(10-12-20)27(28)13-14-31(26(27)33)24-8-4-6-22(24)25(32)30-34/h2-3,5,7,9-12,15,22,24,34H,4,6,8,13-14,16,28H2,1H3,(H,30,32)/t22-,24?,27+/m1/s1. The van der Waals surface area contributed by atoms with E-state index in [0.29, 0.717) is 31.7 Å². The number of aromatic nitrogens is 1. The van der Waals surface area contributed by atoms with Crippen molar-refractivity contribution in [2.75, 3.05) is 6.54 Å². The number of nitrogens with one attached hydrogen (secondary N) is 1. The van der Waals surface area contributed by atoms with Crippen molar-refractivity contribution in [1.29, 1.82) is 0 Å². The van der Waals surface area contributed by atoms with Crippen molar-refractivity contribution in [1.82, 2.24) is 15.4 Å². The van der Waals surface area contributed by atoms with E-state index in [2.05, 4.69) is 4.98 Å². The molecule has 35 heavy (non-hydrogen) atoms. The Bertz CT molecular complexity index is 1260. The van der Waals surface area contributed by atoms with Gasteiger partial charge < -0.3 is 15.4 Å². The number of pyridine rings is 1. The van der Waals surface area contributed by atoms with E-state index in [0.717, 1.165) is 40.6 Å². The molecule has 4 N–H and O–H groups in total. The number of carbonyl (C=O) groups excluding carboxylic acids is 2. The maximum absolute atomic E-state index is 13.4. The molecule has 1 saturated heterocycles. The van der Waals surface area contributed by atoms with Gasteiger partial charge in [0.15, 0.2) is 0 Å². The van der Waals surface area contributed by atoms with Crippen LogP contribution in [-0.4, -0.2) is 39.5 Å². The SMILES string of the molecule is Cc1cc(COc2ccc([C@@]3(N)CCN(C4CCC[C@H]4C(=O)NO)C3=O)cc2)c2ccccc2n1. The molecule has 8 nitrogen and oxygen atoms in total. The molecule has 2 heterocycles. The number of nitrogens with two attached hydrogens (primary N) is 1. The van der Waals surface area contributed by atoms with Gasteiger partial charge in [0.05, 0.1) is 11.4 Å². The van der Waals surface area contributed by atoms with E-state index in [4.69, 9.17) is 15.7 Å². The average Bonchev–Trinajstić information content (AvgIpc) is 3.47. The molecule has 0 radical (unpaired) electrons. The van der Waals surface area contributed by atoms with E-state index in [1.807, 2.05) is 61.5 Å². The summed E-state index contributed by atoms with van der Waals surface area (Å²) in [4.78, 5) is 31.8. The lowest BCUT2D eigenvalue weighted by molar-refractivity contribution is -0.139. The van der Waals surface area contributed by atoms with Crippen LogP contribution < -0.4 is 16.0 Å². The summed E-state index contributed by atoms with van der Waals surface area (Å²) >= 11 is 0. The molecule has 8 heteroatoms. The predicted molar refractivity (Wildman–Crippen MR) is 131 cm³/mol. The minimum absolute atomic E-state index is 0.174. The zero-order chi connectivity index (χ0) is 24.6. The average molecular weight is 475 g/mol. The van der Waals surface area contributed by atoms with Crippen LogP contribution in [0.5, 0.6) is 5.75 Å². The number of benzene rings is 2. The summed E-state index contributed by atoms with van der Waals surface area (Å²) in [5, 5.41) is 10.1. The first kappa shape index (κ1) is 23.3. The summed E-state index contributed by atoms with van der Waals surface area (Å²) < 4.78 is 6.06. The van der Waals surface area contributed by atoms with Crippen molar-refractivity contribution in [2.24, 2.45) is 11.7 Å². The third-order valence-corrected chi connectivity index (χ3v) is 7.41. The van der Waals surface area contributed by atoms with E-state index in [-0.39, 0.29) is 11.9 Å². The maximum atomic E-state index is 13.4. The fourth-order valence-electron chi connectivity index (χ4n) is 5.57. The van der Waals surface area contributed by atoms with Crippen molar-refractivity contribution in [2.45, 2.75) is 50.8 Å². The van der Waals surface area contributed by atoms with Crippen molar-refractivity contribution in [3.05, 3.63) is 71.4 Å². The summed E-state index contributed by atoms with van der Waals surface area (Å²) in [5.41, 5.74) is 10.9. The van der Waals surface area contributed by atoms with Crippen LogP contribution in [0.3, 0.4) is 0 Å². The number of hydrogen-bond donors (Lipinski definition) is 3. The molecule has 2 amide bonds. The van der Waals surface area contributed by atoms with Gasteiger partial charge >= 0.3 is 0 Å². The number of amides is 2. The van der Waals surface area contributed by atoms with Gasteiger partial charge in [0.2, 0.25) is 11.8 Å². The number of fused-ring (bicyclic) bond motifs is 1. The number of carbonyl (C=O) groups is 2. The minimum atomic E-state index is -1.14. The number of hydrogen-bond acceptors (Lipinski definition) is 6. The van der Waals surface area contributed by atoms with Gasteiger partial charge in [-0.3, -0.25) is 19.8 Å². The highest BCUT2D eigenvalue weighted by molar-refractivity contribution is 5.91. The Labute approximate surface area is 204 Å². The number of aryl methyl sites for hydroxylation is 1. The van der Waals surface area contributed by atoms with Gasteiger partial charge in [-0.2, -0.15) is 0 Å². The fourth-order valence-corrected chi connectivity index (χ4v) is 5.57. The molecule has 1 unspecified atom stereocenters. The summed E-state index contributed by atoms with van der Waals surface area (Å²) in [7, 11) is 0. The van der Waals surface area contributed by atoms with Crippen LogP contribution in [0.1, 0.15) is 42.5 Å². The van der Waals surface area contributed by atoms with Gasteiger partial charge in [-0.25, -0.2) is 5.48 Å². The Balaban J connectivity index is 1.29. The van der Waals surface area contributed by atoms with Crippen LogP contribution in [0.25, 0.3) is 10.9 Å². The minimum Gasteiger partial charge on any atom is -0.489 e. The van der Waals surface area contributed by atoms with Gasteiger partial charge in [0.1, 0.15) is 17.9 Å². The zero-order valence-corrected chi connectivity index (χ0v) is 19.7. The second-order valence-corrected chi connectivity index (χ2v) is 9.55. The van der Waals surface area contributed by atoms with Crippen molar-refractivity contribution in [3.8, 4) is 5.75 Å². The van der Waals surface area contributed by atoms with Crippen molar-refractivity contribution in [3.63, 3.8) is 0 Å². The maximum Gasteiger partial charge on any atom is 0.248 e. The van der Waals surface area contributed by atoms with Gasteiger partial charge in [-0.05, 0) is 56.0 Å². The Hall–Kier alpha value is -3.49. The van der Waals surface area contributed by atoms with Crippen molar-refractivity contribution >= 4 is 22.7 Å². The van der Waals surface area contributed by atoms with Crippen LogP contribution in [0.15, 0.2) is 54.6 Å². The van der Waals surface area contributed by atoms with Gasteiger partial charge in [-0.1, -0.05) is 36.8 Å². The first-order valence-electron chi connectivity index (χ1n) is 12.0. The topological polar surface area (TPSA) is 118 Å². The van der Waals surface area contributed by atoms with E-state index >= 15 is 0 Å². The molecule has 1 aromatic heterocycles. The first-order valence-corrected chi connectivity index (χ1v) is 12.0. The third-order valence-electron chi connectivity index (χ3n) is 7.41. The molecule has 3 atom stereocenters. The smallest absolute Gasteiger partial charge is 0.248 e. The fraction of sp³-hybridized carbons (Fsp3) is 0.370. The quantitative estimate of drug-likeness (QED) is 0.373. The molecule has 2 fully saturated rings. The van der Waals surface area contributed by atoms with Crippen LogP contribution in [0.2, 0.25) is 0 Å². The van der Waals surface area contributed by atoms with Crippen LogP contribution in [-0.2, 0) is 21.7 Å². The molecule has 1 aliphatic carbocycles. The summed E-state index contributed by atoms with van der Waals surface area (Å²) in [6, 6.07) is 17.2. The lowest BCUT2D eigenvalue weighted by Gasteiger charge is -2.30. The van der Waals surface area contributed by atoms with E-state index in [9.17, 15) is 9.59 Å². The Morgan fingerprint density at radius 3 is 2.77 bits per heavy atom. The van der Waals surface area contributed by atoms with Crippen molar-refractivity contribution < 1.29 is 19.5 Å². The Morgan fingerprint density at radius 1 is 1.23 bits per heavy atom. The monoisotopic (exact) mass is 474 g/mol. The molecular formula is C27H30N4O4. The van der Waals surface area contributed by atoms with Crippen LogP contribution in [0.4, 0.5) is 0 Å². The van der Waals surface area contributed by atoms with Gasteiger partial charge in [0, 0.05) is 29.2 Å². The molecule has 5 rings (SSSR count). The van der Waals surface area contributed by atoms with Crippen LogP contribution >= 0.6 is 0 Å². The number of hydroxylamine groups is 1. The molecule has 2 aliphatic rings. The number of likely N-dealkylation sites (tertiary alicyclic amines) is 1. The summed E-state index contributed by atoms with van der Waals surface area (Å²) in [6.07, 6.45) is 2.69. The highest BCUT2D eigenvalue weighted by atomic mass is 16.5. The summed E-state index contributed by atoms with van der Waals surface area (Å²) in [5.74, 6) is -0.329. The number of rotatable bonds is 6. The summed E-state index contributed by atoms with van der Waals surface area (Å²) in [6.45, 7) is 2.86. The molecule has 2 aromatic carbocycles. The molecular weight excluding hydrogens is 444 g/mol. The third kappa shape index (κ3) is 4.24. The number of para-hydroxylation sites is 1. The lowest BCUT2D eigenvalue weighted by Crippen LogP contribution is -2.50. The predicted octanol–water partition coefficient (Wildman–Crippen LogP) is 3.18. The molecule has 3 aromatic rings. The highest BCUT2D eigenvalue weighted by Crippen LogP contribution is 2.38. The largest absolute Gasteiger partial charge is 0.489 e. The molecule has 0 spiro atoms. The van der Waals surface area contributed by atoms with E-state index in [1.54, 1.807) is 10.4 Å². The molecule has 1 saturated carbocycles. The molecule has 182 valence electrons. The number of nitrogens with zero attached hydrogens (tertiary/aromatic N) is 2. The number of ether oxygens (including phenoxy) is 1. The first-order chi connectivity index (χ1) is 16.9. The van der Waals surface area contributed by atoms with Gasteiger partial charge in [0.25, 0.3) is 0 Å². The molecule has 1 aliphatic heterocycles. The second-order valence-electron chi connectivity index (χ2n) is 9.55.